The number of oxazole rings is 1. The third-order valence-electron chi connectivity index (χ3n) is 4.79. The number of carbonyl (C=O) groups is 2. The fraction of sp³-hybridized carbons (Fsp3) is 0.316. The normalized spacial score (nSPS) is 13.8. The summed E-state index contributed by atoms with van der Waals surface area (Å²) in [5.41, 5.74) is 2.27. The van der Waals surface area contributed by atoms with Crippen molar-refractivity contribution in [2.45, 2.75) is 32.7 Å². The van der Waals surface area contributed by atoms with E-state index in [2.05, 4.69) is 24.4 Å². The predicted octanol–water partition coefficient (Wildman–Crippen LogP) is 3.17. The maximum absolute atomic E-state index is 12.3. The highest BCUT2D eigenvalue weighted by molar-refractivity contribution is 6.99. The molecule has 1 saturated carbocycles. The van der Waals surface area contributed by atoms with Gasteiger partial charge in [0, 0.05) is 5.92 Å². The van der Waals surface area contributed by atoms with E-state index < -0.39 is 0 Å². The molecule has 0 radical (unpaired) electrons. The lowest BCUT2D eigenvalue weighted by molar-refractivity contribution is -0.122. The number of nitrogens with one attached hydrogen (secondary N) is 2. The average molecular weight is 397 g/mol. The number of benzene rings is 1. The summed E-state index contributed by atoms with van der Waals surface area (Å²) in [6.45, 7) is 2.00. The summed E-state index contributed by atoms with van der Waals surface area (Å²) in [5.74, 6) is 0.816. The van der Waals surface area contributed by atoms with Crippen LogP contribution in [0.3, 0.4) is 0 Å². The summed E-state index contributed by atoms with van der Waals surface area (Å²) < 4.78 is 13.5. The molecule has 1 fully saturated rings. The van der Waals surface area contributed by atoms with Crippen LogP contribution >= 0.6 is 11.7 Å². The van der Waals surface area contributed by atoms with Crippen molar-refractivity contribution < 1.29 is 14.0 Å². The molecule has 0 spiro atoms. The highest BCUT2D eigenvalue weighted by Crippen LogP contribution is 2.32. The van der Waals surface area contributed by atoms with Crippen molar-refractivity contribution in [1.29, 1.82) is 0 Å². The zero-order valence-corrected chi connectivity index (χ0v) is 16.1. The zero-order chi connectivity index (χ0) is 19.5. The first-order chi connectivity index (χ1) is 13.6. The summed E-state index contributed by atoms with van der Waals surface area (Å²) in [7, 11) is 0. The molecular formula is C19H19N5O3S. The summed E-state index contributed by atoms with van der Waals surface area (Å²) >= 11 is 0.979. The van der Waals surface area contributed by atoms with E-state index in [0.29, 0.717) is 28.6 Å². The van der Waals surface area contributed by atoms with Crippen molar-refractivity contribution in [3.63, 3.8) is 0 Å². The molecule has 28 heavy (non-hydrogen) atoms. The minimum atomic E-state index is -0.314. The van der Waals surface area contributed by atoms with Crippen LogP contribution in [0.5, 0.6) is 0 Å². The lowest BCUT2D eigenvalue weighted by Gasteiger charge is -2.24. The molecule has 144 valence electrons. The minimum Gasteiger partial charge on any atom is -0.441 e. The average Bonchev–Trinajstić information content (AvgIpc) is 3.29. The van der Waals surface area contributed by atoms with Crippen LogP contribution in [0.15, 0.2) is 34.9 Å². The van der Waals surface area contributed by atoms with Crippen LogP contribution in [0.2, 0.25) is 0 Å². The number of aromatic nitrogens is 3. The van der Waals surface area contributed by atoms with E-state index in [1.807, 2.05) is 24.3 Å². The van der Waals surface area contributed by atoms with Gasteiger partial charge in [-0.05, 0) is 31.9 Å². The Bertz CT molecular complexity index is 995. The van der Waals surface area contributed by atoms with Gasteiger partial charge in [-0.25, -0.2) is 4.98 Å². The fourth-order valence-electron chi connectivity index (χ4n) is 2.91. The van der Waals surface area contributed by atoms with Gasteiger partial charge in [0.25, 0.3) is 5.91 Å². The van der Waals surface area contributed by atoms with Gasteiger partial charge in [-0.1, -0.05) is 18.6 Å². The van der Waals surface area contributed by atoms with E-state index in [1.54, 1.807) is 6.92 Å². The van der Waals surface area contributed by atoms with Gasteiger partial charge < -0.3 is 15.1 Å². The predicted molar refractivity (Wildman–Crippen MR) is 104 cm³/mol. The van der Waals surface area contributed by atoms with Crippen LogP contribution in [0.1, 0.15) is 41.2 Å². The minimum absolute atomic E-state index is 0.0336. The van der Waals surface area contributed by atoms with Crippen LogP contribution in [0.4, 0.5) is 5.69 Å². The number of rotatable bonds is 6. The Morgan fingerprint density at radius 2 is 2.11 bits per heavy atom. The van der Waals surface area contributed by atoms with Gasteiger partial charge in [0.05, 0.1) is 35.7 Å². The molecule has 0 aliphatic heterocycles. The van der Waals surface area contributed by atoms with E-state index in [4.69, 9.17) is 4.42 Å². The maximum atomic E-state index is 12.3. The van der Waals surface area contributed by atoms with Crippen molar-refractivity contribution in [3.05, 3.63) is 47.6 Å². The number of aryl methyl sites for hydroxylation is 1. The molecule has 0 atom stereocenters. The van der Waals surface area contributed by atoms with E-state index in [-0.39, 0.29) is 30.0 Å². The fourth-order valence-corrected chi connectivity index (χ4v) is 3.32. The van der Waals surface area contributed by atoms with Gasteiger partial charge in [0.1, 0.15) is 11.5 Å². The number of hydrogen-bond acceptors (Lipinski definition) is 7. The second-order valence-corrected chi connectivity index (χ2v) is 7.22. The van der Waals surface area contributed by atoms with E-state index in [0.717, 1.165) is 31.0 Å². The molecule has 1 aliphatic rings. The summed E-state index contributed by atoms with van der Waals surface area (Å²) in [5, 5.41) is 5.74. The van der Waals surface area contributed by atoms with Crippen molar-refractivity contribution in [2.24, 2.45) is 5.92 Å². The maximum Gasteiger partial charge on any atom is 0.272 e. The Balaban J connectivity index is 1.50. The molecule has 2 heterocycles. The lowest BCUT2D eigenvalue weighted by Crippen LogP contribution is -2.28. The number of carbonyl (C=O) groups excluding carboxylic acids is 2. The van der Waals surface area contributed by atoms with Gasteiger partial charge in [0.15, 0.2) is 5.69 Å². The Kier molecular flexibility index (Phi) is 5.16. The molecule has 2 amide bonds. The van der Waals surface area contributed by atoms with E-state index >= 15 is 0 Å². The molecular weight excluding hydrogens is 378 g/mol. The molecule has 4 rings (SSSR count). The van der Waals surface area contributed by atoms with Crippen LogP contribution in [0, 0.1) is 12.8 Å². The first-order valence-corrected chi connectivity index (χ1v) is 9.77. The summed E-state index contributed by atoms with van der Waals surface area (Å²) in [6.07, 6.45) is 4.39. The van der Waals surface area contributed by atoms with Gasteiger partial charge in [0.2, 0.25) is 11.8 Å². The molecule has 1 aliphatic carbocycles. The number of anilines is 1. The molecule has 0 bridgehead atoms. The SMILES string of the molecule is Cc1oc(-c2ccccc2NC(=O)C2CCC2)nc1CNC(=O)c1cnsn1. The topological polar surface area (TPSA) is 110 Å². The molecule has 0 saturated heterocycles. The van der Waals surface area contributed by atoms with Gasteiger partial charge >= 0.3 is 0 Å². The zero-order valence-electron chi connectivity index (χ0n) is 15.3. The third kappa shape index (κ3) is 3.79. The molecule has 3 aromatic rings. The Labute approximate surface area is 165 Å². The standard InChI is InChI=1S/C19H19N5O3S/c1-11-15(9-20-18(26)16-10-21-28-24-16)23-19(27-11)13-7-2-3-8-14(13)22-17(25)12-5-4-6-12/h2-3,7-8,10,12H,4-6,9H2,1H3,(H,20,26)(H,22,25). The highest BCUT2D eigenvalue weighted by Gasteiger charge is 2.26. The molecule has 2 aromatic heterocycles. The number of hydrogen-bond donors (Lipinski definition) is 2. The van der Waals surface area contributed by atoms with Crippen LogP contribution in [-0.2, 0) is 11.3 Å². The van der Waals surface area contributed by atoms with Crippen molar-refractivity contribution in [1.82, 2.24) is 19.0 Å². The monoisotopic (exact) mass is 397 g/mol. The Hall–Kier alpha value is -3.07. The second kappa shape index (κ2) is 7.89. The molecule has 2 N–H and O–H groups in total. The summed E-state index contributed by atoms with van der Waals surface area (Å²) in [4.78, 5) is 28.9. The summed E-state index contributed by atoms with van der Waals surface area (Å²) in [6, 6.07) is 7.41. The van der Waals surface area contributed by atoms with Crippen molar-refractivity contribution in [3.8, 4) is 11.5 Å². The number of nitrogens with zero attached hydrogens (tertiary/aromatic N) is 3. The van der Waals surface area contributed by atoms with Gasteiger partial charge in [-0.15, -0.1) is 0 Å². The van der Waals surface area contributed by atoms with E-state index in [9.17, 15) is 9.59 Å². The number of amides is 2. The lowest BCUT2D eigenvalue weighted by atomic mass is 9.85. The quantitative estimate of drug-likeness (QED) is 0.661. The first kappa shape index (κ1) is 18.3. The van der Waals surface area contributed by atoms with Crippen molar-refractivity contribution >= 4 is 29.2 Å². The number of para-hydroxylation sites is 1. The van der Waals surface area contributed by atoms with E-state index in [1.165, 1.54) is 6.20 Å². The Morgan fingerprint density at radius 3 is 2.82 bits per heavy atom. The largest absolute Gasteiger partial charge is 0.441 e. The molecule has 0 unspecified atom stereocenters. The van der Waals surface area contributed by atoms with Crippen molar-refractivity contribution in [2.75, 3.05) is 5.32 Å². The van der Waals surface area contributed by atoms with Gasteiger partial charge in [-0.2, -0.15) is 8.75 Å². The Morgan fingerprint density at radius 1 is 1.29 bits per heavy atom. The van der Waals surface area contributed by atoms with Crippen LogP contribution < -0.4 is 10.6 Å². The smallest absolute Gasteiger partial charge is 0.272 e. The van der Waals surface area contributed by atoms with Gasteiger partial charge in [-0.3, -0.25) is 9.59 Å². The second-order valence-electron chi connectivity index (χ2n) is 6.66. The third-order valence-corrected chi connectivity index (χ3v) is 5.27. The molecule has 9 heteroatoms. The first-order valence-electron chi connectivity index (χ1n) is 9.04. The highest BCUT2D eigenvalue weighted by atomic mass is 32.1. The van der Waals surface area contributed by atoms with Crippen LogP contribution in [0.25, 0.3) is 11.5 Å². The van der Waals surface area contributed by atoms with Crippen LogP contribution in [-0.4, -0.2) is 25.5 Å². The molecule has 8 nitrogen and oxygen atoms in total. The molecule has 1 aromatic carbocycles.